The Balaban J connectivity index is 1.83. The van der Waals surface area contributed by atoms with Crippen LogP contribution in [0, 0.1) is 0 Å². The molecule has 0 bridgehead atoms. The summed E-state index contributed by atoms with van der Waals surface area (Å²) in [5.41, 5.74) is 0.0280. The zero-order chi connectivity index (χ0) is 17.0. The first-order chi connectivity index (χ1) is 10.7. The van der Waals surface area contributed by atoms with Crippen molar-refractivity contribution in [2.75, 3.05) is 19.6 Å². The molecule has 0 spiro atoms. The van der Waals surface area contributed by atoms with E-state index in [0.717, 1.165) is 13.0 Å². The highest BCUT2D eigenvalue weighted by Gasteiger charge is 2.27. The van der Waals surface area contributed by atoms with Gasteiger partial charge < -0.3 is 10.1 Å². The Kier molecular flexibility index (Phi) is 5.65. The number of rotatable bonds is 4. The zero-order valence-corrected chi connectivity index (χ0v) is 14.5. The van der Waals surface area contributed by atoms with Crippen LogP contribution in [0.15, 0.2) is 24.3 Å². The van der Waals surface area contributed by atoms with Gasteiger partial charge in [-0.05, 0) is 39.3 Å². The number of benzene rings is 1. The first kappa shape index (κ1) is 17.8. The van der Waals surface area contributed by atoms with Gasteiger partial charge in [0.25, 0.3) is 0 Å². The third kappa shape index (κ3) is 5.52. The minimum absolute atomic E-state index is 0.00361. The van der Waals surface area contributed by atoms with E-state index in [0.29, 0.717) is 23.7 Å². The van der Waals surface area contributed by atoms with Gasteiger partial charge in [-0.15, -0.1) is 0 Å². The van der Waals surface area contributed by atoms with Crippen molar-refractivity contribution in [1.82, 2.24) is 10.2 Å². The van der Waals surface area contributed by atoms with Crippen LogP contribution in [0.2, 0.25) is 5.02 Å². The van der Waals surface area contributed by atoms with Crippen LogP contribution in [0.5, 0.6) is 0 Å². The van der Waals surface area contributed by atoms with Crippen molar-refractivity contribution in [1.29, 1.82) is 0 Å². The average molecular weight is 339 g/mol. The molecular formula is C17H23ClN2O3. The number of hydrogen-bond donors (Lipinski definition) is 1. The monoisotopic (exact) mass is 338 g/mol. The Morgan fingerprint density at radius 2 is 2.04 bits per heavy atom. The number of Topliss-reactive ketones (excluding diaryl/α,β-unsaturated/α-hetero) is 1. The van der Waals surface area contributed by atoms with Crippen molar-refractivity contribution in [3.8, 4) is 0 Å². The number of alkyl carbamates (subject to hydrolysis) is 1. The molecule has 1 aliphatic rings. The molecule has 1 saturated heterocycles. The first-order valence-electron chi connectivity index (χ1n) is 7.74. The van der Waals surface area contributed by atoms with Crippen molar-refractivity contribution < 1.29 is 14.3 Å². The van der Waals surface area contributed by atoms with Crippen LogP contribution in [0.25, 0.3) is 0 Å². The largest absolute Gasteiger partial charge is 0.444 e. The predicted octanol–water partition coefficient (Wildman–Crippen LogP) is 3.12. The topological polar surface area (TPSA) is 58.6 Å². The fourth-order valence-electron chi connectivity index (χ4n) is 2.54. The van der Waals surface area contributed by atoms with Crippen molar-refractivity contribution >= 4 is 23.5 Å². The molecule has 0 radical (unpaired) electrons. The Morgan fingerprint density at radius 1 is 1.35 bits per heavy atom. The van der Waals surface area contributed by atoms with E-state index < -0.39 is 11.7 Å². The van der Waals surface area contributed by atoms with Crippen LogP contribution in [0.3, 0.4) is 0 Å². The maximum Gasteiger partial charge on any atom is 0.407 e. The molecule has 1 fully saturated rings. The smallest absolute Gasteiger partial charge is 0.407 e. The van der Waals surface area contributed by atoms with Gasteiger partial charge in [0.15, 0.2) is 5.78 Å². The van der Waals surface area contributed by atoms with E-state index in [2.05, 4.69) is 5.32 Å². The fourth-order valence-corrected chi connectivity index (χ4v) is 2.79. The molecule has 0 saturated carbocycles. The van der Waals surface area contributed by atoms with Gasteiger partial charge in [0.05, 0.1) is 11.6 Å². The average Bonchev–Trinajstić information content (AvgIpc) is 2.83. The van der Waals surface area contributed by atoms with Gasteiger partial charge in [0, 0.05) is 24.7 Å². The molecule has 126 valence electrons. The number of carbonyl (C=O) groups is 2. The van der Waals surface area contributed by atoms with Gasteiger partial charge in [0.1, 0.15) is 5.60 Å². The van der Waals surface area contributed by atoms with Crippen LogP contribution in [-0.2, 0) is 4.74 Å². The number of carbonyl (C=O) groups excluding carboxylic acids is 2. The third-order valence-corrected chi connectivity index (χ3v) is 3.86. The summed E-state index contributed by atoms with van der Waals surface area (Å²) in [7, 11) is 0. The van der Waals surface area contributed by atoms with Gasteiger partial charge in [0.2, 0.25) is 0 Å². The van der Waals surface area contributed by atoms with E-state index in [-0.39, 0.29) is 11.8 Å². The van der Waals surface area contributed by atoms with E-state index in [4.69, 9.17) is 16.3 Å². The number of ketones is 1. The maximum absolute atomic E-state index is 12.3. The van der Waals surface area contributed by atoms with E-state index in [1.807, 2.05) is 25.7 Å². The molecule has 1 aromatic rings. The Bertz CT molecular complexity index is 583. The second-order valence-electron chi connectivity index (χ2n) is 6.77. The predicted molar refractivity (Wildman–Crippen MR) is 90.0 cm³/mol. The molecule has 1 atom stereocenters. The minimum atomic E-state index is -0.512. The van der Waals surface area contributed by atoms with Gasteiger partial charge in [-0.1, -0.05) is 23.7 Å². The Labute approximate surface area is 141 Å². The van der Waals surface area contributed by atoms with Crippen molar-refractivity contribution in [3.63, 3.8) is 0 Å². The molecule has 0 aromatic heterocycles. The molecular weight excluding hydrogens is 316 g/mol. The number of hydrogen-bond acceptors (Lipinski definition) is 4. The molecule has 1 unspecified atom stereocenters. The standard InChI is InChI=1S/C17H23ClN2O3/c1-17(2,3)23-16(22)19-12-8-9-20(10-12)11-15(21)13-6-4-5-7-14(13)18/h4-7,12H,8-11H2,1-3H3,(H,19,22). The summed E-state index contributed by atoms with van der Waals surface area (Å²) < 4.78 is 5.25. The number of amides is 1. The molecule has 5 nitrogen and oxygen atoms in total. The second-order valence-corrected chi connectivity index (χ2v) is 7.18. The first-order valence-corrected chi connectivity index (χ1v) is 8.12. The fraction of sp³-hybridized carbons (Fsp3) is 0.529. The van der Waals surface area contributed by atoms with Crippen molar-refractivity contribution in [2.45, 2.75) is 38.8 Å². The lowest BCUT2D eigenvalue weighted by molar-refractivity contribution is 0.0506. The summed E-state index contributed by atoms with van der Waals surface area (Å²) in [6, 6.07) is 7.05. The lowest BCUT2D eigenvalue weighted by Gasteiger charge is -2.22. The van der Waals surface area contributed by atoms with E-state index in [9.17, 15) is 9.59 Å². The van der Waals surface area contributed by atoms with Crippen LogP contribution in [0.1, 0.15) is 37.6 Å². The number of ether oxygens (including phenoxy) is 1. The SMILES string of the molecule is CC(C)(C)OC(=O)NC1CCN(CC(=O)c2ccccc2Cl)C1. The van der Waals surface area contributed by atoms with Crippen molar-refractivity contribution in [2.24, 2.45) is 0 Å². The summed E-state index contributed by atoms with van der Waals surface area (Å²) >= 11 is 6.05. The lowest BCUT2D eigenvalue weighted by atomic mass is 10.1. The minimum Gasteiger partial charge on any atom is -0.444 e. The summed E-state index contributed by atoms with van der Waals surface area (Å²) in [6.45, 7) is 7.18. The van der Waals surface area contributed by atoms with Crippen LogP contribution in [-0.4, -0.2) is 48.1 Å². The van der Waals surface area contributed by atoms with Crippen LogP contribution < -0.4 is 5.32 Å². The van der Waals surface area contributed by atoms with Gasteiger partial charge in [-0.25, -0.2) is 4.79 Å². The van der Waals surface area contributed by atoms with Gasteiger partial charge in [-0.3, -0.25) is 9.69 Å². The highest BCUT2D eigenvalue weighted by atomic mass is 35.5. The molecule has 2 rings (SSSR count). The number of likely N-dealkylation sites (tertiary alicyclic amines) is 1. The van der Waals surface area contributed by atoms with Crippen molar-refractivity contribution in [3.05, 3.63) is 34.9 Å². The second kappa shape index (κ2) is 7.32. The number of nitrogens with zero attached hydrogens (tertiary/aromatic N) is 1. The van der Waals surface area contributed by atoms with Crippen LogP contribution in [0.4, 0.5) is 4.79 Å². The molecule has 0 aliphatic carbocycles. The molecule has 6 heteroatoms. The quantitative estimate of drug-likeness (QED) is 0.857. The van der Waals surface area contributed by atoms with Crippen LogP contribution >= 0.6 is 11.6 Å². The number of halogens is 1. The summed E-state index contributed by atoms with van der Waals surface area (Å²) in [4.78, 5) is 26.1. The highest BCUT2D eigenvalue weighted by molar-refractivity contribution is 6.34. The third-order valence-electron chi connectivity index (χ3n) is 3.53. The zero-order valence-electron chi connectivity index (χ0n) is 13.8. The van der Waals surface area contributed by atoms with E-state index in [1.165, 1.54) is 0 Å². The molecule has 1 heterocycles. The highest BCUT2D eigenvalue weighted by Crippen LogP contribution is 2.17. The van der Waals surface area contributed by atoms with Gasteiger partial charge in [-0.2, -0.15) is 0 Å². The molecule has 23 heavy (non-hydrogen) atoms. The normalized spacial score (nSPS) is 18.7. The molecule has 1 aliphatic heterocycles. The number of nitrogens with one attached hydrogen (secondary N) is 1. The molecule has 1 amide bonds. The summed E-state index contributed by atoms with van der Waals surface area (Å²) in [5, 5.41) is 3.32. The van der Waals surface area contributed by atoms with Gasteiger partial charge >= 0.3 is 6.09 Å². The summed E-state index contributed by atoms with van der Waals surface area (Å²) in [5.74, 6) is -0.00600. The summed E-state index contributed by atoms with van der Waals surface area (Å²) in [6.07, 6.45) is 0.386. The van der Waals surface area contributed by atoms with E-state index >= 15 is 0 Å². The lowest BCUT2D eigenvalue weighted by Crippen LogP contribution is -2.41. The Hall–Kier alpha value is -1.59. The van der Waals surface area contributed by atoms with E-state index in [1.54, 1.807) is 24.3 Å². The molecule has 1 N–H and O–H groups in total. The molecule has 1 aromatic carbocycles. The maximum atomic E-state index is 12.3. The Morgan fingerprint density at radius 3 is 2.70 bits per heavy atom.